The van der Waals surface area contributed by atoms with E-state index in [0.717, 1.165) is 58.5 Å². The van der Waals surface area contributed by atoms with Gasteiger partial charge in [0.05, 0.1) is 0 Å². The summed E-state index contributed by atoms with van der Waals surface area (Å²) in [4.78, 5) is 45.1. The standard InChI is InChI=1S/C28H18O4/c29-15-19-1-5-23(6-2-19)25-9-21(17-31)11-27(13-25)28-12-22(18-32)10-26(14-28)24-7-3-20(16-30)4-8-24/h1-18H. The van der Waals surface area contributed by atoms with Crippen LogP contribution in [0.25, 0.3) is 33.4 Å². The molecule has 32 heavy (non-hydrogen) atoms. The minimum absolute atomic E-state index is 0.505. The minimum atomic E-state index is 0.505. The minimum Gasteiger partial charge on any atom is -0.298 e. The Balaban J connectivity index is 1.84. The number of hydrogen-bond donors (Lipinski definition) is 0. The lowest BCUT2D eigenvalue weighted by Gasteiger charge is -2.11. The summed E-state index contributed by atoms with van der Waals surface area (Å²) in [7, 11) is 0. The number of rotatable bonds is 7. The Hall–Kier alpha value is -4.44. The van der Waals surface area contributed by atoms with E-state index < -0.39 is 0 Å². The Morgan fingerprint density at radius 3 is 0.875 bits per heavy atom. The zero-order valence-electron chi connectivity index (χ0n) is 17.0. The molecule has 0 N–H and O–H groups in total. The fraction of sp³-hybridized carbons (Fsp3) is 0. The molecule has 0 saturated heterocycles. The quantitative estimate of drug-likeness (QED) is 0.349. The van der Waals surface area contributed by atoms with E-state index in [9.17, 15) is 19.2 Å². The highest BCUT2D eigenvalue weighted by Crippen LogP contribution is 2.32. The van der Waals surface area contributed by atoms with E-state index in [0.29, 0.717) is 22.3 Å². The highest BCUT2D eigenvalue weighted by atomic mass is 16.1. The van der Waals surface area contributed by atoms with Gasteiger partial charge in [0.15, 0.2) is 0 Å². The van der Waals surface area contributed by atoms with Gasteiger partial charge in [0.2, 0.25) is 0 Å². The molecule has 4 aromatic rings. The molecule has 0 bridgehead atoms. The average Bonchev–Trinajstić information content (AvgIpc) is 2.88. The lowest BCUT2D eigenvalue weighted by Crippen LogP contribution is -1.91. The number of benzene rings is 4. The Morgan fingerprint density at radius 1 is 0.312 bits per heavy atom. The third-order valence-corrected chi connectivity index (χ3v) is 5.28. The molecule has 0 heterocycles. The zero-order chi connectivity index (χ0) is 22.5. The third kappa shape index (κ3) is 4.35. The van der Waals surface area contributed by atoms with Crippen molar-refractivity contribution in [2.45, 2.75) is 0 Å². The molecule has 0 radical (unpaired) electrons. The molecule has 0 aromatic heterocycles. The molecule has 0 unspecified atom stereocenters. The lowest BCUT2D eigenvalue weighted by molar-refractivity contribution is 0.111. The summed E-state index contributed by atoms with van der Waals surface area (Å²) in [5.74, 6) is 0. The first-order valence-electron chi connectivity index (χ1n) is 9.95. The third-order valence-electron chi connectivity index (χ3n) is 5.28. The summed E-state index contributed by atoms with van der Waals surface area (Å²) >= 11 is 0. The van der Waals surface area contributed by atoms with Crippen molar-refractivity contribution in [1.29, 1.82) is 0 Å². The van der Waals surface area contributed by atoms with Crippen LogP contribution in [0.5, 0.6) is 0 Å². The maximum Gasteiger partial charge on any atom is 0.150 e. The first-order valence-corrected chi connectivity index (χ1v) is 9.95. The zero-order valence-corrected chi connectivity index (χ0v) is 17.0. The van der Waals surface area contributed by atoms with Crippen molar-refractivity contribution >= 4 is 25.1 Å². The van der Waals surface area contributed by atoms with Gasteiger partial charge in [0.1, 0.15) is 25.1 Å². The van der Waals surface area contributed by atoms with Crippen LogP contribution in [-0.2, 0) is 0 Å². The molecule has 0 fully saturated rings. The molecular formula is C28H18O4. The van der Waals surface area contributed by atoms with Crippen molar-refractivity contribution in [2.24, 2.45) is 0 Å². The second-order valence-electron chi connectivity index (χ2n) is 7.40. The largest absolute Gasteiger partial charge is 0.298 e. The molecule has 4 heteroatoms. The van der Waals surface area contributed by atoms with E-state index in [2.05, 4.69) is 0 Å². The summed E-state index contributed by atoms with van der Waals surface area (Å²) in [6.07, 6.45) is 3.14. The van der Waals surface area contributed by atoms with Gasteiger partial charge in [-0.2, -0.15) is 0 Å². The molecule has 0 atom stereocenters. The molecular weight excluding hydrogens is 400 g/mol. The molecule has 0 aliphatic rings. The lowest BCUT2D eigenvalue weighted by atomic mass is 9.92. The van der Waals surface area contributed by atoms with Crippen LogP contribution in [0, 0.1) is 0 Å². The van der Waals surface area contributed by atoms with Gasteiger partial charge in [-0.05, 0) is 69.8 Å². The van der Waals surface area contributed by atoms with Gasteiger partial charge in [-0.25, -0.2) is 0 Å². The van der Waals surface area contributed by atoms with Crippen molar-refractivity contribution < 1.29 is 19.2 Å². The van der Waals surface area contributed by atoms with Crippen LogP contribution < -0.4 is 0 Å². The molecule has 0 aliphatic carbocycles. The van der Waals surface area contributed by atoms with Crippen molar-refractivity contribution in [3.63, 3.8) is 0 Å². The van der Waals surface area contributed by atoms with Gasteiger partial charge in [0, 0.05) is 22.3 Å². The maximum atomic E-state index is 11.6. The van der Waals surface area contributed by atoms with Crippen molar-refractivity contribution in [3.8, 4) is 33.4 Å². The summed E-state index contributed by atoms with van der Waals surface area (Å²) in [6.45, 7) is 0. The average molecular weight is 418 g/mol. The number of hydrogen-bond acceptors (Lipinski definition) is 4. The van der Waals surface area contributed by atoms with Crippen molar-refractivity contribution in [2.75, 3.05) is 0 Å². The number of carbonyl (C=O) groups excluding carboxylic acids is 4. The van der Waals surface area contributed by atoms with Crippen LogP contribution in [0.2, 0.25) is 0 Å². The molecule has 4 aromatic carbocycles. The van der Waals surface area contributed by atoms with Crippen molar-refractivity contribution in [1.82, 2.24) is 0 Å². The van der Waals surface area contributed by atoms with Crippen LogP contribution in [0.1, 0.15) is 41.4 Å². The molecule has 0 amide bonds. The van der Waals surface area contributed by atoms with E-state index in [1.165, 1.54) is 0 Å². The Labute approximate surface area is 185 Å². The van der Waals surface area contributed by atoms with Gasteiger partial charge < -0.3 is 0 Å². The molecule has 0 spiro atoms. The maximum absolute atomic E-state index is 11.6. The first-order chi connectivity index (χ1) is 15.6. The highest BCUT2D eigenvalue weighted by molar-refractivity contribution is 5.89. The van der Waals surface area contributed by atoms with Gasteiger partial charge in [-0.1, -0.05) is 48.5 Å². The van der Waals surface area contributed by atoms with E-state index in [1.807, 2.05) is 36.4 Å². The van der Waals surface area contributed by atoms with E-state index in [-0.39, 0.29) is 0 Å². The van der Waals surface area contributed by atoms with Crippen LogP contribution in [0.15, 0.2) is 84.9 Å². The summed E-state index contributed by atoms with van der Waals surface area (Å²) in [6, 6.07) is 25.3. The summed E-state index contributed by atoms with van der Waals surface area (Å²) in [5, 5.41) is 0. The fourth-order valence-electron chi connectivity index (χ4n) is 3.61. The number of aldehydes is 4. The summed E-state index contributed by atoms with van der Waals surface area (Å²) in [5.41, 5.74) is 7.14. The fourth-order valence-corrected chi connectivity index (χ4v) is 3.61. The monoisotopic (exact) mass is 418 g/mol. The molecule has 4 nitrogen and oxygen atoms in total. The Morgan fingerprint density at radius 2 is 0.594 bits per heavy atom. The van der Waals surface area contributed by atoms with Crippen LogP contribution in [0.4, 0.5) is 0 Å². The van der Waals surface area contributed by atoms with Crippen LogP contribution >= 0.6 is 0 Å². The predicted molar refractivity (Wildman–Crippen MR) is 124 cm³/mol. The normalized spacial score (nSPS) is 10.4. The second-order valence-corrected chi connectivity index (χ2v) is 7.40. The topological polar surface area (TPSA) is 68.3 Å². The molecule has 4 rings (SSSR count). The van der Waals surface area contributed by atoms with Gasteiger partial charge in [0.25, 0.3) is 0 Å². The first kappa shape index (κ1) is 20.8. The molecule has 0 aliphatic heterocycles. The van der Waals surface area contributed by atoms with E-state index in [1.54, 1.807) is 48.5 Å². The summed E-state index contributed by atoms with van der Waals surface area (Å²) < 4.78 is 0. The Bertz CT molecular complexity index is 1210. The van der Waals surface area contributed by atoms with Gasteiger partial charge >= 0.3 is 0 Å². The SMILES string of the molecule is O=Cc1ccc(-c2cc(C=O)cc(-c3cc(C=O)cc(-c4ccc(C=O)cc4)c3)c2)cc1. The van der Waals surface area contributed by atoms with Crippen LogP contribution in [-0.4, -0.2) is 25.1 Å². The second kappa shape index (κ2) is 9.14. The van der Waals surface area contributed by atoms with Crippen LogP contribution in [0.3, 0.4) is 0 Å². The molecule has 0 saturated carbocycles. The highest BCUT2D eigenvalue weighted by Gasteiger charge is 2.09. The van der Waals surface area contributed by atoms with Crippen molar-refractivity contribution in [3.05, 3.63) is 107 Å². The predicted octanol–water partition coefficient (Wildman–Crippen LogP) is 5.94. The van der Waals surface area contributed by atoms with Gasteiger partial charge in [-0.3, -0.25) is 19.2 Å². The Kier molecular flexibility index (Phi) is 5.95. The molecule has 154 valence electrons. The van der Waals surface area contributed by atoms with E-state index >= 15 is 0 Å². The van der Waals surface area contributed by atoms with Gasteiger partial charge in [-0.15, -0.1) is 0 Å². The van der Waals surface area contributed by atoms with E-state index in [4.69, 9.17) is 0 Å². The number of carbonyl (C=O) groups is 4. The smallest absolute Gasteiger partial charge is 0.150 e.